The number of cyclic esters (lactones) is 1. The minimum atomic E-state index is -3.68. The molecule has 1 aromatic heterocycles. The van der Waals surface area contributed by atoms with E-state index in [1.54, 1.807) is 27.7 Å². The van der Waals surface area contributed by atoms with Crippen molar-refractivity contribution in [3.8, 4) is 0 Å². The fourth-order valence-corrected chi connectivity index (χ4v) is 3.89. The predicted octanol–water partition coefficient (Wildman–Crippen LogP) is 0.536. The zero-order valence-corrected chi connectivity index (χ0v) is 13.4. The van der Waals surface area contributed by atoms with E-state index >= 15 is 0 Å². The SMILES string of the molecule is Cc1n[nH]c(C)c1S(=O)(=O)NCC(C)(C)N1CCOC1=O. The van der Waals surface area contributed by atoms with E-state index in [0.29, 0.717) is 24.5 Å². The highest BCUT2D eigenvalue weighted by Crippen LogP contribution is 2.21. The van der Waals surface area contributed by atoms with Gasteiger partial charge in [0, 0.05) is 6.54 Å². The van der Waals surface area contributed by atoms with E-state index in [-0.39, 0.29) is 11.4 Å². The van der Waals surface area contributed by atoms with Crippen molar-refractivity contribution in [2.45, 2.75) is 38.1 Å². The summed E-state index contributed by atoms with van der Waals surface area (Å²) in [5.74, 6) is 0. The Morgan fingerprint density at radius 2 is 2.10 bits per heavy atom. The molecule has 0 aromatic carbocycles. The molecule has 0 unspecified atom stereocenters. The van der Waals surface area contributed by atoms with Crippen LogP contribution >= 0.6 is 0 Å². The molecule has 0 spiro atoms. The monoisotopic (exact) mass is 316 g/mol. The average Bonchev–Trinajstić information content (AvgIpc) is 2.94. The number of aromatic amines is 1. The van der Waals surface area contributed by atoms with Crippen molar-refractivity contribution in [2.75, 3.05) is 19.7 Å². The molecule has 2 heterocycles. The molecule has 118 valence electrons. The van der Waals surface area contributed by atoms with Gasteiger partial charge in [-0.1, -0.05) is 0 Å². The zero-order valence-electron chi connectivity index (χ0n) is 12.6. The Hall–Kier alpha value is -1.61. The van der Waals surface area contributed by atoms with Gasteiger partial charge >= 0.3 is 6.09 Å². The van der Waals surface area contributed by atoms with Crippen LogP contribution in [-0.4, -0.2) is 54.8 Å². The van der Waals surface area contributed by atoms with E-state index in [9.17, 15) is 13.2 Å². The van der Waals surface area contributed by atoms with Gasteiger partial charge < -0.3 is 4.74 Å². The Kier molecular flexibility index (Phi) is 3.98. The van der Waals surface area contributed by atoms with Gasteiger partial charge in [-0.05, 0) is 27.7 Å². The van der Waals surface area contributed by atoms with Gasteiger partial charge in [-0.15, -0.1) is 0 Å². The number of nitrogens with one attached hydrogen (secondary N) is 2. The molecule has 0 bridgehead atoms. The molecule has 0 aliphatic carbocycles. The van der Waals surface area contributed by atoms with E-state index < -0.39 is 21.7 Å². The maximum Gasteiger partial charge on any atom is 0.410 e. The first-order valence-electron chi connectivity index (χ1n) is 6.61. The number of carbonyl (C=O) groups excluding carboxylic acids is 1. The number of nitrogens with zero attached hydrogens (tertiary/aromatic N) is 2. The van der Waals surface area contributed by atoms with Crippen LogP contribution in [0.3, 0.4) is 0 Å². The zero-order chi connectivity index (χ0) is 15.8. The topological polar surface area (TPSA) is 104 Å². The number of aromatic nitrogens is 2. The minimum absolute atomic E-state index is 0.0918. The molecule has 0 atom stereocenters. The minimum Gasteiger partial charge on any atom is -0.448 e. The van der Waals surface area contributed by atoms with Crippen LogP contribution in [0, 0.1) is 13.8 Å². The molecular formula is C12H20N4O4S. The summed E-state index contributed by atoms with van der Waals surface area (Å²) in [6, 6.07) is 0. The van der Waals surface area contributed by atoms with Crippen molar-refractivity contribution in [3.05, 3.63) is 11.4 Å². The molecule has 1 fully saturated rings. The highest BCUT2D eigenvalue weighted by molar-refractivity contribution is 7.89. The predicted molar refractivity (Wildman–Crippen MR) is 75.4 cm³/mol. The van der Waals surface area contributed by atoms with Gasteiger partial charge in [-0.3, -0.25) is 10.00 Å². The van der Waals surface area contributed by atoms with Crippen molar-refractivity contribution in [1.29, 1.82) is 0 Å². The van der Waals surface area contributed by atoms with Crippen molar-refractivity contribution in [1.82, 2.24) is 19.8 Å². The normalized spacial score (nSPS) is 16.4. The number of hydrogen-bond donors (Lipinski definition) is 2. The van der Waals surface area contributed by atoms with Crippen LogP contribution in [0.15, 0.2) is 4.90 Å². The number of ether oxygens (including phenoxy) is 1. The van der Waals surface area contributed by atoms with Gasteiger partial charge in [-0.2, -0.15) is 5.10 Å². The number of sulfonamides is 1. The summed E-state index contributed by atoms with van der Waals surface area (Å²) in [7, 11) is -3.68. The van der Waals surface area contributed by atoms with Crippen LogP contribution in [0.25, 0.3) is 0 Å². The Balaban J connectivity index is 2.13. The van der Waals surface area contributed by atoms with E-state index in [1.165, 1.54) is 4.90 Å². The molecule has 1 amide bonds. The lowest BCUT2D eigenvalue weighted by Gasteiger charge is -2.33. The quantitative estimate of drug-likeness (QED) is 0.825. The second kappa shape index (κ2) is 5.30. The Morgan fingerprint density at radius 3 is 2.57 bits per heavy atom. The van der Waals surface area contributed by atoms with E-state index in [2.05, 4.69) is 14.9 Å². The first-order valence-corrected chi connectivity index (χ1v) is 8.09. The summed E-state index contributed by atoms with van der Waals surface area (Å²) in [6.07, 6.45) is -0.421. The number of amides is 1. The number of carbonyl (C=O) groups is 1. The molecule has 9 heteroatoms. The molecule has 8 nitrogen and oxygen atoms in total. The highest BCUT2D eigenvalue weighted by atomic mass is 32.2. The standard InChI is InChI=1S/C12H20N4O4S/c1-8-10(9(2)15-14-8)21(18,19)13-7-12(3,4)16-5-6-20-11(16)17/h13H,5-7H2,1-4H3,(H,14,15). The van der Waals surface area contributed by atoms with E-state index in [1.807, 2.05) is 0 Å². The van der Waals surface area contributed by atoms with E-state index in [0.717, 1.165) is 0 Å². The summed E-state index contributed by atoms with van der Waals surface area (Å²) in [5, 5.41) is 6.54. The number of rotatable bonds is 5. The summed E-state index contributed by atoms with van der Waals surface area (Å²) in [6.45, 7) is 7.73. The van der Waals surface area contributed by atoms with Crippen LogP contribution < -0.4 is 4.72 Å². The molecule has 1 aliphatic rings. The Bertz CT molecular complexity index is 631. The van der Waals surface area contributed by atoms with Crippen LogP contribution in [0.1, 0.15) is 25.2 Å². The molecule has 2 rings (SSSR count). The van der Waals surface area contributed by atoms with Gasteiger partial charge in [0.05, 0.1) is 23.5 Å². The van der Waals surface area contributed by atoms with Crippen LogP contribution in [-0.2, 0) is 14.8 Å². The van der Waals surface area contributed by atoms with Crippen molar-refractivity contribution in [2.24, 2.45) is 0 Å². The fourth-order valence-electron chi connectivity index (χ4n) is 2.32. The highest BCUT2D eigenvalue weighted by Gasteiger charge is 2.37. The molecule has 21 heavy (non-hydrogen) atoms. The second-order valence-corrected chi connectivity index (χ2v) is 7.37. The summed E-state index contributed by atoms with van der Waals surface area (Å²) < 4.78 is 32.2. The molecule has 0 saturated carbocycles. The second-order valence-electron chi connectivity index (χ2n) is 5.67. The summed E-state index contributed by atoms with van der Waals surface area (Å²) in [5.41, 5.74) is 0.225. The average molecular weight is 316 g/mol. The molecule has 1 aliphatic heterocycles. The first-order chi connectivity index (χ1) is 9.65. The molecule has 1 saturated heterocycles. The fraction of sp³-hybridized carbons (Fsp3) is 0.667. The van der Waals surface area contributed by atoms with Crippen molar-refractivity contribution in [3.63, 3.8) is 0 Å². The largest absolute Gasteiger partial charge is 0.448 e. The summed E-state index contributed by atoms with van der Waals surface area (Å²) in [4.78, 5) is 13.3. The molecule has 2 N–H and O–H groups in total. The Morgan fingerprint density at radius 1 is 1.43 bits per heavy atom. The summed E-state index contributed by atoms with van der Waals surface area (Å²) >= 11 is 0. The Labute approximate surface area is 123 Å². The third kappa shape index (κ3) is 3.03. The number of H-pyrrole nitrogens is 1. The third-order valence-corrected chi connectivity index (χ3v) is 5.18. The van der Waals surface area contributed by atoms with E-state index in [4.69, 9.17) is 4.74 Å². The van der Waals surface area contributed by atoms with Gasteiger partial charge in [0.2, 0.25) is 10.0 Å². The van der Waals surface area contributed by atoms with Crippen LogP contribution in [0.2, 0.25) is 0 Å². The van der Waals surface area contributed by atoms with Crippen molar-refractivity contribution >= 4 is 16.1 Å². The third-order valence-electron chi connectivity index (χ3n) is 3.52. The van der Waals surface area contributed by atoms with Gasteiger partial charge in [0.25, 0.3) is 0 Å². The van der Waals surface area contributed by atoms with Gasteiger partial charge in [0.15, 0.2) is 0 Å². The lowest BCUT2D eigenvalue weighted by atomic mass is 10.0. The molecular weight excluding hydrogens is 296 g/mol. The maximum absolute atomic E-state index is 12.4. The first kappa shape index (κ1) is 15.8. The lowest BCUT2D eigenvalue weighted by Crippen LogP contribution is -2.52. The smallest absolute Gasteiger partial charge is 0.410 e. The van der Waals surface area contributed by atoms with Crippen LogP contribution in [0.5, 0.6) is 0 Å². The number of aryl methyl sites for hydroxylation is 2. The van der Waals surface area contributed by atoms with Crippen LogP contribution in [0.4, 0.5) is 4.79 Å². The number of hydrogen-bond acceptors (Lipinski definition) is 5. The molecule has 0 radical (unpaired) electrons. The lowest BCUT2D eigenvalue weighted by molar-refractivity contribution is 0.127. The van der Waals surface area contributed by atoms with Gasteiger partial charge in [-0.25, -0.2) is 17.9 Å². The maximum atomic E-state index is 12.4. The van der Waals surface area contributed by atoms with Gasteiger partial charge in [0.1, 0.15) is 11.5 Å². The molecule has 1 aromatic rings. The van der Waals surface area contributed by atoms with Crippen molar-refractivity contribution < 1.29 is 17.9 Å².